The number of nitrogens with zero attached hydrogens (tertiary/aromatic N) is 2. The molecule has 0 aliphatic rings. The summed E-state index contributed by atoms with van der Waals surface area (Å²) in [5, 5.41) is 3.87. The number of anilines is 1. The molecule has 0 amide bonds. The minimum absolute atomic E-state index is 0.0873. The molecule has 2 N–H and O–H groups in total. The van der Waals surface area contributed by atoms with E-state index in [0.29, 0.717) is 11.4 Å². The number of nitrogens with two attached hydrogens (primary N) is 1. The van der Waals surface area contributed by atoms with Crippen LogP contribution in [0, 0.1) is 5.82 Å². The van der Waals surface area contributed by atoms with Crippen molar-refractivity contribution in [3.05, 3.63) is 29.8 Å². The molecule has 6 heteroatoms. The zero-order chi connectivity index (χ0) is 13.8. The van der Waals surface area contributed by atoms with E-state index in [4.69, 9.17) is 15.0 Å². The van der Waals surface area contributed by atoms with Crippen LogP contribution in [0.5, 0.6) is 0 Å². The molecule has 102 valence electrons. The predicted molar refractivity (Wildman–Crippen MR) is 68.8 cm³/mol. The minimum Gasteiger partial charge on any atom is -0.396 e. The second-order valence-corrected chi connectivity index (χ2v) is 4.21. The van der Waals surface area contributed by atoms with E-state index in [1.807, 2.05) is 6.92 Å². The Morgan fingerprint density at radius 1 is 1.47 bits per heavy atom. The minimum atomic E-state index is -0.505. The third-order valence-corrected chi connectivity index (χ3v) is 2.81. The van der Waals surface area contributed by atoms with Crippen LogP contribution < -0.4 is 5.73 Å². The van der Waals surface area contributed by atoms with Crippen LogP contribution >= 0.6 is 0 Å². The van der Waals surface area contributed by atoms with Gasteiger partial charge in [-0.1, -0.05) is 18.5 Å². The summed E-state index contributed by atoms with van der Waals surface area (Å²) in [5.41, 5.74) is 6.00. The van der Waals surface area contributed by atoms with E-state index in [9.17, 15) is 4.39 Å². The summed E-state index contributed by atoms with van der Waals surface area (Å²) in [5.74, 6) is 0.220. The van der Waals surface area contributed by atoms with Gasteiger partial charge in [0.25, 0.3) is 5.89 Å². The molecular formula is C13H16FN3O2. The SMILES string of the molecule is CCCC(OC)c1noc(-c2ccc(N)c(F)c2)n1. The van der Waals surface area contributed by atoms with Crippen molar-refractivity contribution in [2.24, 2.45) is 0 Å². The Kier molecular flexibility index (Phi) is 4.11. The molecule has 1 unspecified atom stereocenters. The molecule has 2 rings (SSSR count). The number of benzene rings is 1. The Morgan fingerprint density at radius 3 is 2.89 bits per heavy atom. The summed E-state index contributed by atoms with van der Waals surface area (Å²) in [6.45, 7) is 2.04. The van der Waals surface area contributed by atoms with Gasteiger partial charge in [-0.05, 0) is 24.6 Å². The van der Waals surface area contributed by atoms with Gasteiger partial charge < -0.3 is 15.0 Å². The molecule has 1 aromatic heterocycles. The van der Waals surface area contributed by atoms with Crippen molar-refractivity contribution in [3.63, 3.8) is 0 Å². The van der Waals surface area contributed by atoms with Gasteiger partial charge in [-0.3, -0.25) is 0 Å². The van der Waals surface area contributed by atoms with E-state index in [1.54, 1.807) is 13.2 Å². The Hall–Kier alpha value is -1.95. The zero-order valence-electron chi connectivity index (χ0n) is 10.9. The fourth-order valence-electron chi connectivity index (χ4n) is 1.76. The lowest BCUT2D eigenvalue weighted by atomic mass is 10.2. The second-order valence-electron chi connectivity index (χ2n) is 4.21. The third kappa shape index (κ3) is 2.90. The van der Waals surface area contributed by atoms with E-state index in [0.717, 1.165) is 12.8 Å². The van der Waals surface area contributed by atoms with E-state index in [2.05, 4.69) is 10.1 Å². The smallest absolute Gasteiger partial charge is 0.258 e. The van der Waals surface area contributed by atoms with Gasteiger partial charge in [0.1, 0.15) is 11.9 Å². The molecule has 0 radical (unpaired) electrons. The van der Waals surface area contributed by atoms with E-state index in [-0.39, 0.29) is 17.7 Å². The fourth-order valence-corrected chi connectivity index (χ4v) is 1.76. The van der Waals surface area contributed by atoms with E-state index < -0.39 is 5.82 Å². The summed E-state index contributed by atoms with van der Waals surface area (Å²) >= 11 is 0. The highest BCUT2D eigenvalue weighted by Crippen LogP contribution is 2.25. The maximum Gasteiger partial charge on any atom is 0.258 e. The molecule has 0 saturated carbocycles. The van der Waals surface area contributed by atoms with E-state index >= 15 is 0 Å². The lowest BCUT2D eigenvalue weighted by molar-refractivity contribution is 0.0854. The highest BCUT2D eigenvalue weighted by Gasteiger charge is 2.18. The molecule has 1 heterocycles. The van der Waals surface area contributed by atoms with Crippen LogP contribution in [0.1, 0.15) is 31.7 Å². The van der Waals surface area contributed by atoms with Crippen molar-refractivity contribution in [2.45, 2.75) is 25.9 Å². The number of ether oxygens (including phenoxy) is 1. The van der Waals surface area contributed by atoms with Crippen molar-refractivity contribution in [1.82, 2.24) is 10.1 Å². The molecule has 1 aromatic carbocycles. The number of halogens is 1. The third-order valence-electron chi connectivity index (χ3n) is 2.81. The van der Waals surface area contributed by atoms with Crippen LogP contribution in [0.15, 0.2) is 22.7 Å². The highest BCUT2D eigenvalue weighted by molar-refractivity contribution is 5.57. The van der Waals surface area contributed by atoms with Crippen molar-refractivity contribution in [1.29, 1.82) is 0 Å². The topological polar surface area (TPSA) is 74.2 Å². The van der Waals surface area contributed by atoms with Gasteiger partial charge in [0.05, 0.1) is 5.69 Å². The standard InChI is InChI=1S/C13H16FN3O2/c1-3-4-11(18-2)12-16-13(19-17-12)8-5-6-10(15)9(14)7-8/h5-7,11H,3-4,15H2,1-2H3. The van der Waals surface area contributed by atoms with Gasteiger partial charge in [-0.2, -0.15) is 4.98 Å². The van der Waals surface area contributed by atoms with Crippen LogP contribution in [-0.2, 0) is 4.74 Å². The van der Waals surface area contributed by atoms with E-state index in [1.165, 1.54) is 12.1 Å². The largest absolute Gasteiger partial charge is 0.396 e. The van der Waals surface area contributed by atoms with Gasteiger partial charge >= 0.3 is 0 Å². The van der Waals surface area contributed by atoms with Crippen LogP contribution in [0.25, 0.3) is 11.5 Å². The number of rotatable bonds is 5. The first kappa shape index (κ1) is 13.5. The molecule has 2 aromatic rings. The zero-order valence-corrected chi connectivity index (χ0v) is 10.9. The average molecular weight is 265 g/mol. The van der Waals surface area contributed by atoms with Crippen molar-refractivity contribution >= 4 is 5.69 Å². The molecule has 0 aliphatic carbocycles. The number of aromatic nitrogens is 2. The molecule has 0 aliphatic heterocycles. The van der Waals surface area contributed by atoms with Gasteiger partial charge in [0.15, 0.2) is 0 Å². The first-order chi connectivity index (χ1) is 9.15. The fraction of sp³-hybridized carbons (Fsp3) is 0.385. The van der Waals surface area contributed by atoms with Gasteiger partial charge in [0.2, 0.25) is 5.82 Å². The summed E-state index contributed by atoms with van der Waals surface area (Å²) in [6, 6.07) is 4.37. The van der Waals surface area contributed by atoms with Crippen molar-refractivity contribution < 1.29 is 13.7 Å². The molecule has 0 fully saturated rings. The lowest BCUT2D eigenvalue weighted by Gasteiger charge is -2.08. The molecular weight excluding hydrogens is 249 g/mol. The maximum absolute atomic E-state index is 13.4. The Bertz CT molecular complexity index is 557. The second kappa shape index (κ2) is 5.79. The van der Waals surface area contributed by atoms with Crippen molar-refractivity contribution in [3.8, 4) is 11.5 Å². The molecule has 0 bridgehead atoms. The molecule has 19 heavy (non-hydrogen) atoms. The summed E-state index contributed by atoms with van der Waals surface area (Å²) in [4.78, 5) is 4.23. The molecule has 1 atom stereocenters. The maximum atomic E-state index is 13.4. The van der Waals surface area contributed by atoms with Crippen molar-refractivity contribution in [2.75, 3.05) is 12.8 Å². The highest BCUT2D eigenvalue weighted by atomic mass is 19.1. The number of nitrogen functional groups attached to an aromatic ring is 1. The average Bonchev–Trinajstić information content (AvgIpc) is 2.88. The number of methoxy groups -OCH3 is 1. The lowest BCUT2D eigenvalue weighted by Crippen LogP contribution is -2.03. The predicted octanol–water partition coefficient (Wildman–Crippen LogP) is 2.95. The first-order valence-electron chi connectivity index (χ1n) is 6.07. The number of hydrogen-bond acceptors (Lipinski definition) is 5. The Labute approximate surface area is 110 Å². The van der Waals surface area contributed by atoms with Crippen LogP contribution in [-0.4, -0.2) is 17.3 Å². The summed E-state index contributed by atoms with van der Waals surface area (Å²) in [6.07, 6.45) is 1.53. The Morgan fingerprint density at radius 2 is 2.26 bits per heavy atom. The first-order valence-corrected chi connectivity index (χ1v) is 6.07. The molecule has 0 saturated heterocycles. The Balaban J connectivity index is 2.27. The monoisotopic (exact) mass is 265 g/mol. The quantitative estimate of drug-likeness (QED) is 0.841. The van der Waals surface area contributed by atoms with Gasteiger partial charge in [0, 0.05) is 12.7 Å². The summed E-state index contributed by atoms with van der Waals surface area (Å²) in [7, 11) is 1.60. The van der Waals surface area contributed by atoms with Crippen LogP contribution in [0.4, 0.5) is 10.1 Å². The summed E-state index contributed by atoms with van der Waals surface area (Å²) < 4.78 is 23.8. The number of hydrogen-bond donors (Lipinski definition) is 1. The normalized spacial score (nSPS) is 12.6. The van der Waals surface area contributed by atoms with Crippen LogP contribution in [0.2, 0.25) is 0 Å². The van der Waals surface area contributed by atoms with Gasteiger partial charge in [-0.25, -0.2) is 4.39 Å². The van der Waals surface area contributed by atoms with Gasteiger partial charge in [-0.15, -0.1) is 0 Å². The van der Waals surface area contributed by atoms with Crippen LogP contribution in [0.3, 0.4) is 0 Å². The molecule has 0 spiro atoms. The molecule has 5 nitrogen and oxygen atoms in total.